The van der Waals surface area contributed by atoms with Crippen LogP contribution in [-0.2, 0) is 6.18 Å². The topological polar surface area (TPSA) is 42.2 Å². The largest absolute Gasteiger partial charge is 0.508 e. The highest BCUT2D eigenvalue weighted by Gasteiger charge is 2.34. The van der Waals surface area contributed by atoms with Crippen molar-refractivity contribution >= 4 is 10.8 Å². The Bertz CT molecular complexity index is 1340. The molecule has 1 N–H and O–H groups in total. The third-order valence-electron chi connectivity index (χ3n) is 4.78. The van der Waals surface area contributed by atoms with Crippen LogP contribution in [0.1, 0.15) is 11.1 Å². The molecule has 150 valence electrons. The average molecular weight is 411 g/mol. The normalized spacial score (nSPS) is 11.8. The molecule has 0 unspecified atom stereocenters. The first-order valence-corrected chi connectivity index (χ1v) is 8.77. The lowest BCUT2D eigenvalue weighted by molar-refractivity contribution is -0.139. The first-order valence-electron chi connectivity index (χ1n) is 8.77. The number of hydrogen-bond acceptors (Lipinski definition) is 2. The Morgan fingerprint density at radius 2 is 1.67 bits per heavy atom. The van der Waals surface area contributed by atoms with E-state index in [4.69, 9.17) is 6.92 Å². The average Bonchev–Trinajstić information content (AvgIpc) is 2.68. The van der Waals surface area contributed by atoms with E-state index in [1.165, 1.54) is 29.0 Å². The van der Waals surface area contributed by atoms with E-state index < -0.39 is 23.1 Å². The summed E-state index contributed by atoms with van der Waals surface area (Å²) in [5.74, 6) is -1.59. The number of fused-ring (bicyclic) bond motifs is 1. The third-order valence-corrected chi connectivity index (χ3v) is 4.78. The molecule has 0 atom stereocenters. The van der Waals surface area contributed by atoms with Crippen LogP contribution in [0, 0.1) is 12.7 Å². The van der Waals surface area contributed by atoms with Gasteiger partial charge >= 0.3 is 6.18 Å². The molecule has 3 aromatic carbocycles. The fourth-order valence-corrected chi connectivity index (χ4v) is 3.36. The van der Waals surface area contributed by atoms with Crippen molar-refractivity contribution in [3.8, 4) is 22.6 Å². The van der Waals surface area contributed by atoms with Crippen molar-refractivity contribution in [1.82, 2.24) is 4.57 Å². The van der Waals surface area contributed by atoms with Gasteiger partial charge in [0.2, 0.25) is 0 Å². The van der Waals surface area contributed by atoms with Crippen molar-refractivity contribution in [3.63, 3.8) is 0 Å². The van der Waals surface area contributed by atoms with Gasteiger partial charge < -0.3 is 5.11 Å². The van der Waals surface area contributed by atoms with E-state index in [0.29, 0.717) is 17.3 Å². The second-order valence-electron chi connectivity index (χ2n) is 6.70. The Morgan fingerprint density at radius 3 is 2.33 bits per heavy atom. The Kier molecular flexibility index (Phi) is 4.61. The van der Waals surface area contributed by atoms with Crippen molar-refractivity contribution < 1.29 is 22.7 Å². The highest BCUT2D eigenvalue weighted by atomic mass is 19.4. The minimum atomic E-state index is -4.83. The molecule has 1 aromatic heterocycles. The zero-order chi connectivity index (χ0) is 21.6. The van der Waals surface area contributed by atoms with Gasteiger partial charge in [0.05, 0.1) is 11.3 Å². The molecule has 1 heterocycles. The van der Waals surface area contributed by atoms with Crippen molar-refractivity contribution in [1.29, 1.82) is 0 Å². The van der Waals surface area contributed by atoms with Crippen molar-refractivity contribution in [2.75, 3.05) is 0 Å². The predicted octanol–water partition coefficient (Wildman–Crippen LogP) is 5.58. The molecule has 4 rings (SSSR count). The van der Waals surface area contributed by atoms with Crippen LogP contribution in [-0.4, -0.2) is 9.67 Å². The van der Waals surface area contributed by atoms with Crippen LogP contribution in [0.4, 0.5) is 17.6 Å². The Morgan fingerprint density at radius 1 is 0.933 bits per heavy atom. The summed E-state index contributed by atoms with van der Waals surface area (Å²) in [5, 5.41) is 10.3. The number of nitrogens with zero attached hydrogens (tertiary/aromatic N) is 1. The molecule has 30 heavy (non-hydrogen) atoms. The van der Waals surface area contributed by atoms with E-state index in [9.17, 15) is 27.5 Å². The van der Waals surface area contributed by atoms with Gasteiger partial charge in [0, 0.05) is 29.5 Å². The molecule has 0 bridgehead atoms. The van der Waals surface area contributed by atoms with E-state index in [1.807, 2.05) is 0 Å². The SMILES string of the molecule is [CH]c1ccccc1-n1cc(-c2ccc(C(F)(F)F)c(F)c2)c2cc(O)ccc2c1=O. The van der Waals surface area contributed by atoms with Crippen LogP contribution in [0.15, 0.2) is 71.7 Å². The molecule has 7 heteroatoms. The summed E-state index contributed by atoms with van der Waals surface area (Å²) in [6.45, 7) is 5.99. The number of pyridine rings is 1. The van der Waals surface area contributed by atoms with E-state index in [0.717, 1.165) is 12.1 Å². The monoisotopic (exact) mass is 411 g/mol. The van der Waals surface area contributed by atoms with Crippen LogP contribution in [0.2, 0.25) is 0 Å². The Labute approximate surface area is 168 Å². The number of halogens is 4. The molecular formula is C23H13F4NO2. The molecule has 4 aromatic rings. The molecule has 3 nitrogen and oxygen atoms in total. The van der Waals surface area contributed by atoms with Crippen molar-refractivity contribution in [2.24, 2.45) is 0 Å². The standard InChI is InChI=1S/C23H13F4NO2/c1-13-4-2-3-5-21(13)28-12-18(17-11-15(29)7-8-16(17)22(28)30)14-6-9-19(20(24)10-14)23(25,26)27/h1-12,29H. The minimum Gasteiger partial charge on any atom is -0.508 e. The maximum Gasteiger partial charge on any atom is 0.419 e. The second kappa shape index (κ2) is 7.02. The number of rotatable bonds is 2. The van der Waals surface area contributed by atoms with Gasteiger partial charge in [-0.1, -0.05) is 24.3 Å². The maximum atomic E-state index is 14.2. The fourth-order valence-electron chi connectivity index (χ4n) is 3.36. The van der Waals surface area contributed by atoms with Crippen LogP contribution < -0.4 is 5.56 Å². The molecule has 0 aliphatic carbocycles. The van der Waals surface area contributed by atoms with Crippen molar-refractivity contribution in [3.05, 3.63) is 101 Å². The zero-order valence-electron chi connectivity index (χ0n) is 15.2. The van der Waals surface area contributed by atoms with Crippen LogP contribution in [0.25, 0.3) is 27.6 Å². The molecule has 2 radical (unpaired) electrons. The number of para-hydroxylation sites is 1. The number of aromatic hydroxyl groups is 1. The summed E-state index contributed by atoms with van der Waals surface area (Å²) in [6, 6.07) is 13.1. The smallest absolute Gasteiger partial charge is 0.419 e. The second-order valence-corrected chi connectivity index (χ2v) is 6.70. The first-order chi connectivity index (χ1) is 14.2. The first kappa shape index (κ1) is 19.7. The highest BCUT2D eigenvalue weighted by Crippen LogP contribution is 2.35. The quantitative estimate of drug-likeness (QED) is 0.438. The van der Waals surface area contributed by atoms with Gasteiger partial charge in [-0.05, 0) is 47.5 Å². The van der Waals surface area contributed by atoms with E-state index in [1.54, 1.807) is 24.3 Å². The number of alkyl halides is 3. The van der Waals surface area contributed by atoms with E-state index in [2.05, 4.69) is 0 Å². The molecule has 0 saturated heterocycles. The molecular weight excluding hydrogens is 398 g/mol. The lowest BCUT2D eigenvalue weighted by Crippen LogP contribution is -2.19. The lowest BCUT2D eigenvalue weighted by atomic mass is 9.98. The summed E-state index contributed by atoms with van der Waals surface area (Å²) < 4.78 is 54.3. The number of phenolic OH excluding ortho intramolecular Hbond substituents is 1. The lowest BCUT2D eigenvalue weighted by Gasteiger charge is -2.15. The van der Waals surface area contributed by atoms with E-state index >= 15 is 0 Å². The summed E-state index contributed by atoms with van der Waals surface area (Å²) in [7, 11) is 0. The molecule has 0 aliphatic heterocycles. The highest BCUT2D eigenvalue weighted by molar-refractivity contribution is 5.97. The van der Waals surface area contributed by atoms with Gasteiger partial charge in [-0.3, -0.25) is 9.36 Å². The minimum absolute atomic E-state index is 0.111. The van der Waals surface area contributed by atoms with Gasteiger partial charge in [-0.15, -0.1) is 0 Å². The van der Waals surface area contributed by atoms with Crippen LogP contribution in [0.5, 0.6) is 5.75 Å². The van der Waals surface area contributed by atoms with E-state index in [-0.39, 0.29) is 27.6 Å². The fraction of sp³-hybridized carbons (Fsp3) is 0.0435. The molecule has 0 fully saturated rings. The van der Waals surface area contributed by atoms with Gasteiger partial charge in [-0.2, -0.15) is 13.2 Å². The van der Waals surface area contributed by atoms with Crippen LogP contribution in [0.3, 0.4) is 0 Å². The Balaban J connectivity index is 2.06. The number of hydrogen-bond donors (Lipinski definition) is 1. The van der Waals surface area contributed by atoms with Gasteiger partial charge in [0.25, 0.3) is 5.56 Å². The summed E-state index contributed by atoms with van der Waals surface area (Å²) in [6.07, 6.45) is -3.46. The number of benzene rings is 3. The summed E-state index contributed by atoms with van der Waals surface area (Å²) >= 11 is 0. The zero-order valence-corrected chi connectivity index (χ0v) is 15.2. The summed E-state index contributed by atoms with van der Waals surface area (Å²) in [4.78, 5) is 13.0. The van der Waals surface area contributed by atoms with Gasteiger partial charge in [0.15, 0.2) is 0 Å². The maximum absolute atomic E-state index is 14.2. The van der Waals surface area contributed by atoms with Crippen LogP contribution >= 0.6 is 0 Å². The van der Waals surface area contributed by atoms with Gasteiger partial charge in [-0.25, -0.2) is 4.39 Å². The predicted molar refractivity (Wildman–Crippen MR) is 105 cm³/mol. The Hall–Kier alpha value is -3.61. The molecule has 0 spiro atoms. The number of phenols is 1. The summed E-state index contributed by atoms with van der Waals surface area (Å²) in [5.41, 5.74) is -0.790. The number of aromatic nitrogens is 1. The molecule has 0 aliphatic rings. The van der Waals surface area contributed by atoms with Crippen molar-refractivity contribution in [2.45, 2.75) is 6.18 Å². The van der Waals surface area contributed by atoms with Gasteiger partial charge in [0.1, 0.15) is 11.6 Å². The molecule has 0 amide bonds. The molecule has 0 saturated carbocycles. The third kappa shape index (κ3) is 3.32.